The summed E-state index contributed by atoms with van der Waals surface area (Å²) in [6.07, 6.45) is 4.24. The molecule has 2 rings (SSSR count). The number of ether oxygens (including phenoxy) is 1. The van der Waals surface area contributed by atoms with E-state index in [4.69, 9.17) is 4.74 Å². The van der Waals surface area contributed by atoms with Crippen molar-refractivity contribution in [3.05, 3.63) is 0 Å². The Morgan fingerprint density at radius 3 is 2.26 bits per heavy atom. The second-order valence-corrected chi connectivity index (χ2v) is 8.37. The fourth-order valence-corrected chi connectivity index (χ4v) is 3.85. The van der Waals surface area contributed by atoms with Gasteiger partial charge in [0.1, 0.15) is 6.10 Å². The zero-order valence-electron chi connectivity index (χ0n) is 14.8. The van der Waals surface area contributed by atoms with Gasteiger partial charge in [-0.25, -0.2) is 4.79 Å². The standard InChI is InChI=1S/C18H31NO4/c1-11-9-12(20)10-14(11)15(21)16(18(2,3)4)19-17(22)23-13-7-5-6-8-13/h11-14,16,20H,5-10H2,1-4H3,(H,19,22). The van der Waals surface area contributed by atoms with E-state index in [9.17, 15) is 14.7 Å². The number of hydrogen-bond donors (Lipinski definition) is 2. The van der Waals surface area contributed by atoms with Crippen molar-refractivity contribution in [2.45, 2.75) is 84.5 Å². The number of hydrogen-bond acceptors (Lipinski definition) is 4. The van der Waals surface area contributed by atoms with Crippen molar-refractivity contribution in [3.8, 4) is 0 Å². The van der Waals surface area contributed by atoms with Crippen LogP contribution in [-0.4, -0.2) is 35.2 Å². The second kappa shape index (κ2) is 7.20. The van der Waals surface area contributed by atoms with Crippen LogP contribution in [0.4, 0.5) is 4.79 Å². The van der Waals surface area contributed by atoms with E-state index in [1.54, 1.807) is 0 Å². The van der Waals surface area contributed by atoms with Crippen molar-refractivity contribution in [3.63, 3.8) is 0 Å². The third kappa shape index (κ3) is 4.69. The molecule has 4 unspecified atom stereocenters. The van der Waals surface area contributed by atoms with E-state index >= 15 is 0 Å². The van der Waals surface area contributed by atoms with Gasteiger partial charge in [0.15, 0.2) is 5.78 Å². The number of rotatable bonds is 4. The van der Waals surface area contributed by atoms with E-state index in [-0.39, 0.29) is 29.1 Å². The van der Waals surface area contributed by atoms with E-state index in [1.165, 1.54) is 0 Å². The minimum absolute atomic E-state index is 0.0158. The van der Waals surface area contributed by atoms with Gasteiger partial charge >= 0.3 is 6.09 Å². The lowest BCUT2D eigenvalue weighted by Gasteiger charge is -2.33. The molecule has 4 atom stereocenters. The van der Waals surface area contributed by atoms with Crippen LogP contribution in [0.1, 0.15) is 66.2 Å². The van der Waals surface area contributed by atoms with E-state index in [2.05, 4.69) is 5.32 Å². The number of carbonyl (C=O) groups excluding carboxylic acids is 2. The largest absolute Gasteiger partial charge is 0.446 e. The molecule has 0 aromatic rings. The maximum atomic E-state index is 12.9. The molecule has 2 aliphatic carbocycles. The summed E-state index contributed by atoms with van der Waals surface area (Å²) in [7, 11) is 0. The number of carbonyl (C=O) groups is 2. The Labute approximate surface area is 139 Å². The summed E-state index contributed by atoms with van der Waals surface area (Å²) < 4.78 is 5.45. The van der Waals surface area contributed by atoms with Crippen molar-refractivity contribution in [2.24, 2.45) is 17.3 Å². The second-order valence-electron chi connectivity index (χ2n) is 8.37. The zero-order chi connectivity index (χ0) is 17.2. The Balaban J connectivity index is 2.01. The average molecular weight is 325 g/mol. The van der Waals surface area contributed by atoms with Gasteiger partial charge < -0.3 is 15.2 Å². The smallest absolute Gasteiger partial charge is 0.408 e. The summed E-state index contributed by atoms with van der Waals surface area (Å²) in [4.78, 5) is 25.1. The van der Waals surface area contributed by atoms with Crippen LogP contribution in [0.15, 0.2) is 0 Å². The highest BCUT2D eigenvalue weighted by Crippen LogP contribution is 2.35. The molecule has 0 bridgehead atoms. The quantitative estimate of drug-likeness (QED) is 0.833. The Morgan fingerprint density at radius 2 is 1.78 bits per heavy atom. The van der Waals surface area contributed by atoms with Gasteiger partial charge in [0.05, 0.1) is 12.1 Å². The predicted molar refractivity (Wildman–Crippen MR) is 88.0 cm³/mol. The maximum absolute atomic E-state index is 12.9. The Kier molecular flexibility index (Phi) is 5.71. The summed E-state index contributed by atoms with van der Waals surface area (Å²) in [5.41, 5.74) is -0.390. The molecule has 0 spiro atoms. The number of aliphatic hydroxyl groups is 1. The highest BCUT2D eigenvalue weighted by molar-refractivity contribution is 5.90. The van der Waals surface area contributed by atoms with Crippen LogP contribution < -0.4 is 5.32 Å². The monoisotopic (exact) mass is 325 g/mol. The van der Waals surface area contributed by atoms with Crippen molar-refractivity contribution in [1.29, 1.82) is 0 Å². The van der Waals surface area contributed by atoms with Crippen LogP contribution in [-0.2, 0) is 9.53 Å². The molecule has 23 heavy (non-hydrogen) atoms. The molecule has 2 N–H and O–H groups in total. The first kappa shape index (κ1) is 18.2. The predicted octanol–water partition coefficient (Wildman–Crippen LogP) is 3.05. The first-order chi connectivity index (χ1) is 10.7. The van der Waals surface area contributed by atoms with Crippen LogP contribution >= 0.6 is 0 Å². The van der Waals surface area contributed by atoms with Crippen molar-refractivity contribution >= 4 is 11.9 Å². The lowest BCUT2D eigenvalue weighted by Crippen LogP contribution is -2.52. The Morgan fingerprint density at radius 1 is 1.17 bits per heavy atom. The number of aliphatic hydroxyl groups excluding tert-OH is 1. The van der Waals surface area contributed by atoms with Gasteiger partial charge in [0.2, 0.25) is 0 Å². The highest BCUT2D eigenvalue weighted by Gasteiger charge is 2.42. The average Bonchev–Trinajstić information content (AvgIpc) is 3.03. The number of ketones is 1. The zero-order valence-corrected chi connectivity index (χ0v) is 14.8. The molecule has 0 aromatic heterocycles. The molecule has 2 fully saturated rings. The first-order valence-corrected chi connectivity index (χ1v) is 8.87. The minimum Gasteiger partial charge on any atom is -0.446 e. The molecule has 2 aliphatic rings. The molecular weight excluding hydrogens is 294 g/mol. The van der Waals surface area contributed by atoms with E-state index in [1.807, 2.05) is 27.7 Å². The number of nitrogens with one attached hydrogen (secondary N) is 1. The molecule has 1 amide bonds. The van der Waals surface area contributed by atoms with Gasteiger partial charge in [0.25, 0.3) is 0 Å². The van der Waals surface area contributed by atoms with Crippen LogP contribution in [0.5, 0.6) is 0 Å². The summed E-state index contributed by atoms with van der Waals surface area (Å²) in [5, 5.41) is 12.6. The Hall–Kier alpha value is -1.10. The lowest BCUT2D eigenvalue weighted by molar-refractivity contribution is -0.128. The first-order valence-electron chi connectivity index (χ1n) is 8.87. The number of amides is 1. The molecular formula is C18H31NO4. The molecule has 5 heteroatoms. The van der Waals surface area contributed by atoms with Gasteiger partial charge in [-0.3, -0.25) is 4.79 Å². The molecule has 5 nitrogen and oxygen atoms in total. The summed E-state index contributed by atoms with van der Waals surface area (Å²) in [6, 6.07) is -0.589. The van der Waals surface area contributed by atoms with Gasteiger partial charge in [-0.15, -0.1) is 0 Å². The van der Waals surface area contributed by atoms with Crippen LogP contribution in [0, 0.1) is 17.3 Å². The summed E-state index contributed by atoms with van der Waals surface area (Å²) in [6.45, 7) is 7.83. The topological polar surface area (TPSA) is 75.6 Å². The minimum atomic E-state index is -0.589. The molecule has 0 aliphatic heterocycles. The van der Waals surface area contributed by atoms with Crippen LogP contribution in [0.2, 0.25) is 0 Å². The highest BCUT2D eigenvalue weighted by atomic mass is 16.6. The van der Waals surface area contributed by atoms with Gasteiger partial charge in [-0.2, -0.15) is 0 Å². The van der Waals surface area contributed by atoms with E-state index < -0.39 is 18.2 Å². The maximum Gasteiger partial charge on any atom is 0.408 e. The fraction of sp³-hybridized carbons (Fsp3) is 0.889. The van der Waals surface area contributed by atoms with E-state index in [0.717, 1.165) is 25.7 Å². The van der Waals surface area contributed by atoms with Crippen LogP contribution in [0.25, 0.3) is 0 Å². The molecule has 0 heterocycles. The van der Waals surface area contributed by atoms with E-state index in [0.29, 0.717) is 12.8 Å². The van der Waals surface area contributed by atoms with Crippen molar-refractivity contribution in [2.75, 3.05) is 0 Å². The summed E-state index contributed by atoms with van der Waals surface area (Å²) in [5.74, 6) is -0.0269. The summed E-state index contributed by atoms with van der Waals surface area (Å²) >= 11 is 0. The molecule has 132 valence electrons. The van der Waals surface area contributed by atoms with Crippen molar-refractivity contribution < 1.29 is 19.4 Å². The normalized spacial score (nSPS) is 30.2. The van der Waals surface area contributed by atoms with Crippen molar-refractivity contribution in [1.82, 2.24) is 5.32 Å². The molecule has 0 aromatic carbocycles. The number of Topliss-reactive ketones (excluding diaryl/α,β-unsaturated/α-hetero) is 1. The van der Waals surface area contributed by atoms with Crippen LogP contribution in [0.3, 0.4) is 0 Å². The van der Waals surface area contributed by atoms with Gasteiger partial charge in [-0.05, 0) is 49.9 Å². The lowest BCUT2D eigenvalue weighted by atomic mass is 9.78. The third-order valence-electron chi connectivity index (χ3n) is 5.21. The SMILES string of the molecule is CC1CC(O)CC1C(=O)C(NC(=O)OC1CCCC1)C(C)(C)C. The fourth-order valence-electron chi connectivity index (χ4n) is 3.85. The molecule has 2 saturated carbocycles. The van der Waals surface area contributed by atoms with Gasteiger partial charge in [-0.1, -0.05) is 27.7 Å². The number of alkyl carbamates (subject to hydrolysis) is 1. The Bertz CT molecular complexity index is 437. The molecule has 0 saturated heterocycles. The van der Waals surface area contributed by atoms with Gasteiger partial charge in [0, 0.05) is 5.92 Å². The third-order valence-corrected chi connectivity index (χ3v) is 5.21. The molecule has 0 radical (unpaired) electrons.